The zero-order valence-electron chi connectivity index (χ0n) is 23.6. The Bertz CT molecular complexity index is 977. The van der Waals surface area contributed by atoms with Crippen LogP contribution in [0.2, 0.25) is 0 Å². The van der Waals surface area contributed by atoms with Crippen LogP contribution in [0.3, 0.4) is 0 Å². The molecule has 40 heavy (non-hydrogen) atoms. The third-order valence-electron chi connectivity index (χ3n) is 8.35. The Labute approximate surface area is 236 Å². The molecule has 1 aromatic carbocycles. The summed E-state index contributed by atoms with van der Waals surface area (Å²) in [6.07, 6.45) is 4.51. The van der Waals surface area contributed by atoms with Crippen molar-refractivity contribution in [1.82, 2.24) is 4.90 Å². The van der Waals surface area contributed by atoms with E-state index in [0.717, 1.165) is 19.3 Å². The molecular weight excluding hydrogens is 516 g/mol. The molecule has 2 fully saturated rings. The van der Waals surface area contributed by atoms with E-state index in [4.69, 9.17) is 9.47 Å². The van der Waals surface area contributed by atoms with Crippen LogP contribution < -0.4 is 4.90 Å². The lowest BCUT2D eigenvalue weighted by Crippen LogP contribution is -2.61. The predicted molar refractivity (Wildman–Crippen MR) is 149 cm³/mol. The topological polar surface area (TPSA) is 140 Å². The van der Waals surface area contributed by atoms with Gasteiger partial charge in [0.15, 0.2) is 6.29 Å². The third-order valence-corrected chi connectivity index (χ3v) is 8.35. The van der Waals surface area contributed by atoms with E-state index in [1.54, 1.807) is 24.3 Å². The number of aliphatic hydroxyl groups is 4. The van der Waals surface area contributed by atoms with Gasteiger partial charge >= 0.3 is 0 Å². The summed E-state index contributed by atoms with van der Waals surface area (Å²) in [5.41, 5.74) is 0.688. The monoisotopic (exact) mass is 562 g/mol. The molecule has 1 aromatic rings. The fourth-order valence-electron chi connectivity index (χ4n) is 6.06. The van der Waals surface area contributed by atoms with Gasteiger partial charge in [0.05, 0.1) is 23.9 Å². The molecule has 0 aromatic heterocycles. The van der Waals surface area contributed by atoms with Gasteiger partial charge in [0, 0.05) is 19.6 Å². The van der Waals surface area contributed by atoms with Crippen LogP contribution in [0.5, 0.6) is 0 Å². The number of anilines is 1. The van der Waals surface area contributed by atoms with E-state index in [1.165, 1.54) is 54.7 Å². The molecule has 10 nitrogen and oxygen atoms in total. The van der Waals surface area contributed by atoms with Gasteiger partial charge in [-0.2, -0.15) is 0 Å². The maximum Gasteiger partial charge on any atom is 0.256 e. The zero-order valence-corrected chi connectivity index (χ0v) is 23.6. The number of carbonyl (C=O) groups excluding carboxylic acids is 2. The lowest BCUT2D eigenvalue weighted by atomic mass is 9.97. The Morgan fingerprint density at radius 1 is 0.900 bits per heavy atom. The van der Waals surface area contributed by atoms with Crippen molar-refractivity contribution in [3.8, 4) is 0 Å². The van der Waals surface area contributed by atoms with Gasteiger partial charge in [0.2, 0.25) is 5.91 Å². The molecule has 3 aliphatic heterocycles. The minimum Gasteiger partial charge on any atom is -0.391 e. The van der Waals surface area contributed by atoms with E-state index in [2.05, 4.69) is 6.92 Å². The summed E-state index contributed by atoms with van der Waals surface area (Å²) in [5, 5.41) is 42.2. The van der Waals surface area contributed by atoms with Crippen molar-refractivity contribution in [2.24, 2.45) is 0 Å². The molecule has 10 heteroatoms. The lowest BCUT2D eigenvalue weighted by Gasteiger charge is -2.42. The molecule has 4 rings (SSSR count). The van der Waals surface area contributed by atoms with Crippen molar-refractivity contribution < 1.29 is 39.5 Å². The van der Waals surface area contributed by atoms with Crippen LogP contribution in [0, 0.1) is 0 Å². The summed E-state index contributed by atoms with van der Waals surface area (Å²) < 4.78 is 11.4. The molecule has 2 unspecified atom stereocenters. The molecule has 0 aliphatic carbocycles. The Morgan fingerprint density at radius 3 is 2.25 bits per heavy atom. The number of unbranched alkanes of at least 4 members (excludes halogenated alkanes) is 9. The molecule has 2 amide bonds. The van der Waals surface area contributed by atoms with E-state index in [0.29, 0.717) is 17.9 Å². The zero-order chi connectivity index (χ0) is 28.6. The SMILES string of the molecule is CCCCCCCCCCCCO[C@@H]1[C@@H](O)[C@@H](O)O[C@H](CN2C(=O)C3CC(O)CN3C(=O)c3ccccc32)[C@H]1O. The fraction of sp³-hybridized carbons (Fsp3) is 0.733. The average Bonchev–Trinajstić information content (AvgIpc) is 3.32. The molecule has 224 valence electrons. The molecule has 3 heterocycles. The van der Waals surface area contributed by atoms with Gasteiger partial charge in [-0.1, -0.05) is 76.8 Å². The number of rotatable bonds is 14. The van der Waals surface area contributed by atoms with Crippen molar-refractivity contribution in [1.29, 1.82) is 0 Å². The number of para-hydroxylation sites is 1. The first kappa shape index (κ1) is 30.9. The second-order valence-electron chi connectivity index (χ2n) is 11.4. The number of nitrogens with zero attached hydrogens (tertiary/aromatic N) is 2. The van der Waals surface area contributed by atoms with Gasteiger partial charge in [-0.15, -0.1) is 0 Å². The molecule has 0 bridgehead atoms. The highest BCUT2D eigenvalue weighted by Gasteiger charge is 2.49. The van der Waals surface area contributed by atoms with Crippen LogP contribution in [0.15, 0.2) is 24.3 Å². The van der Waals surface area contributed by atoms with Crippen molar-refractivity contribution in [3.05, 3.63) is 29.8 Å². The second-order valence-corrected chi connectivity index (χ2v) is 11.4. The second kappa shape index (κ2) is 14.7. The van der Waals surface area contributed by atoms with Gasteiger partial charge in [0.25, 0.3) is 5.91 Å². The van der Waals surface area contributed by atoms with Gasteiger partial charge in [-0.3, -0.25) is 9.59 Å². The standard InChI is InChI=1S/C30H46N2O8/c1-2-3-4-5-6-7-8-9-10-13-16-39-27-25(34)24(40-30(38)26(27)35)19-32-22-15-12-11-14-21(22)28(36)31-18-20(33)17-23(31)29(32)37/h11-12,14-15,20,23-27,30,33-35,38H,2-10,13,16-19H2,1H3/t20?,23?,24-,25-,26-,27+,30+/m1/s1. The first-order valence-corrected chi connectivity index (χ1v) is 15.0. The van der Waals surface area contributed by atoms with Gasteiger partial charge in [0.1, 0.15) is 30.5 Å². The third kappa shape index (κ3) is 7.21. The summed E-state index contributed by atoms with van der Waals surface area (Å²) >= 11 is 0. The number of amides is 2. The van der Waals surface area contributed by atoms with Crippen molar-refractivity contribution in [2.45, 2.75) is 120 Å². The molecular formula is C30H46N2O8. The summed E-state index contributed by atoms with van der Waals surface area (Å²) in [6.45, 7) is 2.45. The highest BCUT2D eigenvalue weighted by Crippen LogP contribution is 2.34. The maximum atomic E-state index is 13.6. The first-order chi connectivity index (χ1) is 19.3. The van der Waals surface area contributed by atoms with Crippen LogP contribution in [-0.4, -0.2) is 99.7 Å². The quantitative estimate of drug-likeness (QED) is 0.254. The van der Waals surface area contributed by atoms with Crippen LogP contribution in [-0.2, 0) is 14.3 Å². The van der Waals surface area contributed by atoms with E-state index in [-0.39, 0.29) is 25.4 Å². The number of ether oxygens (including phenoxy) is 2. The first-order valence-electron chi connectivity index (χ1n) is 15.0. The Morgan fingerprint density at radius 2 is 1.55 bits per heavy atom. The lowest BCUT2D eigenvalue weighted by molar-refractivity contribution is -0.287. The molecule has 0 radical (unpaired) electrons. The summed E-state index contributed by atoms with van der Waals surface area (Å²) in [6, 6.07) is 5.86. The Hall–Kier alpha value is -2.08. The number of benzene rings is 1. The number of aliphatic hydroxyl groups excluding tert-OH is 4. The van der Waals surface area contributed by atoms with Gasteiger partial charge in [-0.25, -0.2) is 0 Å². The van der Waals surface area contributed by atoms with E-state index in [9.17, 15) is 30.0 Å². The van der Waals surface area contributed by atoms with E-state index in [1.807, 2.05) is 0 Å². The normalized spacial score (nSPS) is 30.4. The highest BCUT2D eigenvalue weighted by atomic mass is 16.6. The molecule has 4 N–H and O–H groups in total. The Kier molecular flexibility index (Phi) is 11.3. The smallest absolute Gasteiger partial charge is 0.256 e. The molecule has 2 saturated heterocycles. The number of hydrogen-bond acceptors (Lipinski definition) is 8. The van der Waals surface area contributed by atoms with Crippen LogP contribution in [0.1, 0.15) is 87.9 Å². The van der Waals surface area contributed by atoms with Crippen LogP contribution >= 0.6 is 0 Å². The van der Waals surface area contributed by atoms with Crippen molar-refractivity contribution >= 4 is 17.5 Å². The fourth-order valence-corrected chi connectivity index (χ4v) is 6.06. The van der Waals surface area contributed by atoms with Crippen LogP contribution in [0.4, 0.5) is 5.69 Å². The molecule has 0 spiro atoms. The Balaban J connectivity index is 1.34. The van der Waals surface area contributed by atoms with Gasteiger partial charge in [-0.05, 0) is 18.6 Å². The molecule has 0 saturated carbocycles. The minimum absolute atomic E-state index is 0.0692. The predicted octanol–water partition coefficient (Wildman–Crippen LogP) is 2.35. The summed E-state index contributed by atoms with van der Waals surface area (Å²) in [5.74, 6) is -0.736. The summed E-state index contributed by atoms with van der Waals surface area (Å²) in [7, 11) is 0. The van der Waals surface area contributed by atoms with Crippen molar-refractivity contribution in [3.63, 3.8) is 0 Å². The van der Waals surface area contributed by atoms with Crippen molar-refractivity contribution in [2.75, 3.05) is 24.6 Å². The largest absolute Gasteiger partial charge is 0.391 e. The average molecular weight is 563 g/mol. The summed E-state index contributed by atoms with van der Waals surface area (Å²) in [4.78, 5) is 29.6. The van der Waals surface area contributed by atoms with Gasteiger partial charge < -0.3 is 39.7 Å². The van der Waals surface area contributed by atoms with E-state index >= 15 is 0 Å². The maximum absolute atomic E-state index is 13.6. The highest BCUT2D eigenvalue weighted by molar-refractivity contribution is 6.11. The van der Waals surface area contributed by atoms with Crippen LogP contribution in [0.25, 0.3) is 0 Å². The number of carbonyl (C=O) groups is 2. The number of hydrogen-bond donors (Lipinski definition) is 4. The molecule has 7 atom stereocenters. The molecule has 3 aliphatic rings. The van der Waals surface area contributed by atoms with E-state index < -0.39 is 48.8 Å². The number of fused-ring (bicyclic) bond motifs is 2. The minimum atomic E-state index is -1.60.